The highest BCUT2D eigenvalue weighted by molar-refractivity contribution is 5.41. The number of ether oxygens (including phenoxy) is 1. The van der Waals surface area contributed by atoms with E-state index < -0.39 is 4.92 Å². The van der Waals surface area contributed by atoms with Crippen LogP contribution in [0.25, 0.3) is 0 Å². The van der Waals surface area contributed by atoms with Gasteiger partial charge in [0.15, 0.2) is 0 Å². The molecule has 7 nitrogen and oxygen atoms in total. The van der Waals surface area contributed by atoms with Gasteiger partial charge in [0, 0.05) is 25.7 Å². The van der Waals surface area contributed by atoms with Crippen molar-refractivity contribution in [3.8, 4) is 0 Å². The lowest BCUT2D eigenvalue weighted by Crippen LogP contribution is -2.49. The third-order valence-corrected chi connectivity index (χ3v) is 4.61. The Bertz CT molecular complexity index is 708. The molecule has 2 atom stereocenters. The van der Waals surface area contributed by atoms with E-state index in [-0.39, 0.29) is 17.8 Å². The first-order valence-electron chi connectivity index (χ1n) is 8.90. The minimum atomic E-state index is -0.445. The fourth-order valence-corrected chi connectivity index (χ4v) is 3.19. The molecule has 2 heterocycles. The SMILES string of the molecule is CCC(Nc1ccc([N+](=O)[O-])cn1)C1CN(Cc2ccccc2)CCO1. The number of hydrogen-bond donors (Lipinski definition) is 1. The maximum Gasteiger partial charge on any atom is 0.287 e. The van der Waals surface area contributed by atoms with Gasteiger partial charge in [0.25, 0.3) is 5.69 Å². The summed E-state index contributed by atoms with van der Waals surface area (Å²) in [5.41, 5.74) is 1.29. The Morgan fingerprint density at radius 1 is 1.35 bits per heavy atom. The predicted molar refractivity (Wildman–Crippen MR) is 100 cm³/mol. The van der Waals surface area contributed by atoms with Crippen LogP contribution in [0.5, 0.6) is 0 Å². The van der Waals surface area contributed by atoms with Crippen molar-refractivity contribution in [2.24, 2.45) is 0 Å². The molecule has 138 valence electrons. The van der Waals surface area contributed by atoms with Crippen molar-refractivity contribution in [1.82, 2.24) is 9.88 Å². The maximum absolute atomic E-state index is 10.7. The lowest BCUT2D eigenvalue weighted by atomic mass is 10.1. The average molecular weight is 356 g/mol. The molecule has 0 spiro atoms. The fraction of sp³-hybridized carbons (Fsp3) is 0.421. The molecule has 1 fully saturated rings. The Morgan fingerprint density at radius 2 is 2.15 bits per heavy atom. The molecule has 26 heavy (non-hydrogen) atoms. The monoisotopic (exact) mass is 356 g/mol. The van der Waals surface area contributed by atoms with Gasteiger partial charge in [-0.2, -0.15) is 0 Å². The number of nitrogens with one attached hydrogen (secondary N) is 1. The molecule has 1 N–H and O–H groups in total. The predicted octanol–water partition coefficient (Wildman–Crippen LogP) is 3.08. The topological polar surface area (TPSA) is 80.5 Å². The number of rotatable bonds is 7. The quantitative estimate of drug-likeness (QED) is 0.606. The van der Waals surface area contributed by atoms with Gasteiger partial charge in [-0.25, -0.2) is 4.98 Å². The molecule has 1 aliphatic heterocycles. The third-order valence-electron chi connectivity index (χ3n) is 4.61. The van der Waals surface area contributed by atoms with Crippen LogP contribution >= 0.6 is 0 Å². The van der Waals surface area contributed by atoms with Gasteiger partial charge in [0.1, 0.15) is 12.0 Å². The molecule has 0 aliphatic carbocycles. The van der Waals surface area contributed by atoms with Crippen molar-refractivity contribution >= 4 is 11.5 Å². The highest BCUT2D eigenvalue weighted by atomic mass is 16.6. The molecule has 1 aromatic heterocycles. The summed E-state index contributed by atoms with van der Waals surface area (Å²) in [4.78, 5) is 16.8. The molecule has 7 heteroatoms. The zero-order valence-corrected chi connectivity index (χ0v) is 14.9. The van der Waals surface area contributed by atoms with Crippen LogP contribution in [0, 0.1) is 10.1 Å². The summed E-state index contributed by atoms with van der Waals surface area (Å²) in [5, 5.41) is 14.1. The molecule has 1 saturated heterocycles. The van der Waals surface area contributed by atoms with Crippen LogP contribution < -0.4 is 5.32 Å². The molecular formula is C19H24N4O3. The Hall–Kier alpha value is -2.51. The largest absolute Gasteiger partial charge is 0.373 e. The van der Waals surface area contributed by atoms with Gasteiger partial charge in [0.2, 0.25) is 0 Å². The van der Waals surface area contributed by atoms with Crippen LogP contribution in [0.4, 0.5) is 11.5 Å². The van der Waals surface area contributed by atoms with E-state index in [0.29, 0.717) is 12.4 Å². The van der Waals surface area contributed by atoms with Crippen molar-refractivity contribution in [1.29, 1.82) is 0 Å². The van der Waals surface area contributed by atoms with E-state index in [0.717, 1.165) is 26.1 Å². The van der Waals surface area contributed by atoms with Crippen LogP contribution in [0.1, 0.15) is 18.9 Å². The Labute approximate surface area is 153 Å². The van der Waals surface area contributed by atoms with Crippen LogP contribution in [0.15, 0.2) is 48.7 Å². The number of nitro groups is 1. The van der Waals surface area contributed by atoms with Crippen LogP contribution in [-0.4, -0.2) is 46.6 Å². The normalized spacial score (nSPS) is 19.0. The number of pyridine rings is 1. The van der Waals surface area contributed by atoms with Crippen molar-refractivity contribution in [3.05, 3.63) is 64.3 Å². The van der Waals surface area contributed by atoms with E-state index in [9.17, 15) is 10.1 Å². The number of hydrogen-bond acceptors (Lipinski definition) is 6. The first kappa shape index (κ1) is 18.3. The van der Waals surface area contributed by atoms with Gasteiger partial charge in [-0.3, -0.25) is 15.0 Å². The number of aromatic nitrogens is 1. The number of morpholine rings is 1. The molecule has 0 saturated carbocycles. The second-order valence-corrected chi connectivity index (χ2v) is 6.45. The van der Waals surface area contributed by atoms with Crippen molar-refractivity contribution in [3.63, 3.8) is 0 Å². The smallest absolute Gasteiger partial charge is 0.287 e. The highest BCUT2D eigenvalue weighted by Gasteiger charge is 2.27. The average Bonchev–Trinajstić information content (AvgIpc) is 2.67. The summed E-state index contributed by atoms with van der Waals surface area (Å²) < 4.78 is 5.99. The lowest BCUT2D eigenvalue weighted by molar-refractivity contribution is -0.385. The van der Waals surface area contributed by atoms with Crippen LogP contribution in [0.2, 0.25) is 0 Å². The van der Waals surface area contributed by atoms with Gasteiger partial charge in [0.05, 0.1) is 23.7 Å². The first-order valence-corrected chi connectivity index (χ1v) is 8.90. The van der Waals surface area contributed by atoms with Gasteiger partial charge in [-0.05, 0) is 18.1 Å². The van der Waals surface area contributed by atoms with Crippen molar-refractivity contribution < 1.29 is 9.66 Å². The number of benzene rings is 1. The molecule has 2 aromatic rings. The summed E-state index contributed by atoms with van der Waals surface area (Å²) >= 11 is 0. The molecule has 0 radical (unpaired) electrons. The first-order chi connectivity index (χ1) is 12.7. The van der Waals surface area contributed by atoms with Crippen LogP contribution in [-0.2, 0) is 11.3 Å². The van der Waals surface area contributed by atoms with Gasteiger partial charge in [-0.15, -0.1) is 0 Å². The maximum atomic E-state index is 10.7. The molecule has 1 aliphatic rings. The summed E-state index contributed by atoms with van der Waals surface area (Å²) in [6.45, 7) is 5.46. The minimum Gasteiger partial charge on any atom is -0.373 e. The second-order valence-electron chi connectivity index (χ2n) is 6.45. The van der Waals surface area contributed by atoms with E-state index in [1.807, 2.05) is 6.07 Å². The van der Waals surface area contributed by atoms with Crippen molar-refractivity contribution in [2.45, 2.75) is 32.0 Å². The third kappa shape index (κ3) is 4.77. The van der Waals surface area contributed by atoms with Gasteiger partial charge < -0.3 is 10.1 Å². The van der Waals surface area contributed by atoms with E-state index >= 15 is 0 Å². The summed E-state index contributed by atoms with van der Waals surface area (Å²) in [6.07, 6.45) is 2.20. The molecule has 1 aromatic carbocycles. The standard InChI is InChI=1S/C19H24N4O3/c1-2-17(21-19-9-8-16(12-20-19)23(24)25)18-14-22(10-11-26-18)13-15-6-4-3-5-7-15/h3-9,12,17-18H,2,10-11,13-14H2,1H3,(H,20,21). The van der Waals surface area contributed by atoms with Gasteiger partial charge in [-0.1, -0.05) is 37.3 Å². The lowest BCUT2D eigenvalue weighted by Gasteiger charge is -2.37. The Balaban J connectivity index is 1.60. The highest BCUT2D eigenvalue weighted by Crippen LogP contribution is 2.19. The second kappa shape index (κ2) is 8.73. The van der Waals surface area contributed by atoms with E-state index in [1.54, 1.807) is 6.07 Å². The number of anilines is 1. The summed E-state index contributed by atoms with van der Waals surface area (Å²) in [7, 11) is 0. The van der Waals surface area contributed by atoms with Crippen LogP contribution in [0.3, 0.4) is 0 Å². The molecular weight excluding hydrogens is 332 g/mol. The van der Waals surface area contributed by atoms with Gasteiger partial charge >= 0.3 is 0 Å². The zero-order valence-electron chi connectivity index (χ0n) is 14.9. The molecule has 3 rings (SSSR count). The van der Waals surface area contributed by atoms with Crippen molar-refractivity contribution in [2.75, 3.05) is 25.0 Å². The van der Waals surface area contributed by atoms with E-state index in [4.69, 9.17) is 4.74 Å². The molecule has 0 amide bonds. The Kier molecular flexibility index (Phi) is 6.14. The zero-order chi connectivity index (χ0) is 18.4. The fourth-order valence-electron chi connectivity index (χ4n) is 3.19. The summed E-state index contributed by atoms with van der Waals surface area (Å²) in [6, 6.07) is 13.6. The van der Waals surface area contributed by atoms with E-state index in [1.165, 1.54) is 17.8 Å². The summed E-state index contributed by atoms with van der Waals surface area (Å²) in [5.74, 6) is 0.631. The van der Waals surface area contributed by atoms with E-state index in [2.05, 4.69) is 46.4 Å². The molecule has 2 unspecified atom stereocenters. The Morgan fingerprint density at radius 3 is 2.81 bits per heavy atom. The molecule has 0 bridgehead atoms. The number of nitrogens with zero attached hydrogens (tertiary/aromatic N) is 3. The minimum absolute atomic E-state index is 0.00782.